The van der Waals surface area contributed by atoms with E-state index < -0.39 is 5.97 Å². The van der Waals surface area contributed by atoms with E-state index in [1.165, 1.54) is 12.1 Å². The maximum absolute atomic E-state index is 12.8. The summed E-state index contributed by atoms with van der Waals surface area (Å²) in [6.07, 6.45) is 0.975. The number of nitrogens with zero attached hydrogens (tertiary/aromatic N) is 1. The zero-order valence-corrected chi connectivity index (χ0v) is 11.6. The highest BCUT2D eigenvalue weighted by Gasteiger charge is 2.09. The van der Waals surface area contributed by atoms with Gasteiger partial charge >= 0.3 is 5.97 Å². The number of benzene rings is 1. The molecule has 1 N–H and O–H groups in total. The van der Waals surface area contributed by atoms with Gasteiger partial charge in [-0.3, -0.25) is 4.79 Å². The molecule has 0 heterocycles. The normalized spacial score (nSPS) is 11.2. The molecule has 0 aliphatic heterocycles. The van der Waals surface area contributed by atoms with E-state index >= 15 is 0 Å². The Hall–Kier alpha value is -1.42. The molecule has 0 amide bonds. The number of carboxylic acids is 1. The van der Waals surface area contributed by atoms with Crippen LogP contribution in [0.5, 0.6) is 0 Å². The standard InChI is InChI=1S/C15H22FNO2/c1-12(2)11-17(10-8-15(18)19)9-7-13-3-5-14(16)6-4-13/h3-6,12H,7-11H2,1-2H3,(H,18,19). The van der Waals surface area contributed by atoms with Gasteiger partial charge in [-0.1, -0.05) is 26.0 Å². The van der Waals surface area contributed by atoms with Crippen molar-refractivity contribution in [1.29, 1.82) is 0 Å². The summed E-state index contributed by atoms with van der Waals surface area (Å²) in [5.41, 5.74) is 1.07. The van der Waals surface area contributed by atoms with Crippen molar-refractivity contribution < 1.29 is 14.3 Å². The number of rotatable bonds is 8. The van der Waals surface area contributed by atoms with Crippen molar-refractivity contribution in [2.45, 2.75) is 26.7 Å². The first kappa shape index (κ1) is 15.6. The largest absolute Gasteiger partial charge is 0.481 e. The van der Waals surface area contributed by atoms with Crippen LogP contribution in [0.1, 0.15) is 25.8 Å². The number of carboxylic acid groups (broad SMARTS) is 1. The van der Waals surface area contributed by atoms with Crippen molar-refractivity contribution in [2.75, 3.05) is 19.6 Å². The molecular formula is C15H22FNO2. The van der Waals surface area contributed by atoms with Crippen LogP contribution in [-0.4, -0.2) is 35.6 Å². The lowest BCUT2D eigenvalue weighted by atomic mass is 10.1. The third-order valence-corrected chi connectivity index (χ3v) is 2.90. The molecule has 0 saturated carbocycles. The molecule has 0 aliphatic carbocycles. The van der Waals surface area contributed by atoms with Gasteiger partial charge in [0.15, 0.2) is 0 Å². The van der Waals surface area contributed by atoms with Crippen LogP contribution in [0.2, 0.25) is 0 Å². The maximum atomic E-state index is 12.8. The first-order valence-corrected chi connectivity index (χ1v) is 6.66. The molecule has 3 nitrogen and oxygen atoms in total. The van der Waals surface area contributed by atoms with Gasteiger partial charge in [0.2, 0.25) is 0 Å². The highest BCUT2D eigenvalue weighted by Crippen LogP contribution is 2.06. The van der Waals surface area contributed by atoms with Crippen LogP contribution in [0.15, 0.2) is 24.3 Å². The molecule has 0 unspecified atom stereocenters. The maximum Gasteiger partial charge on any atom is 0.304 e. The second-order valence-electron chi connectivity index (χ2n) is 5.21. The topological polar surface area (TPSA) is 40.5 Å². The van der Waals surface area contributed by atoms with Gasteiger partial charge in [0.25, 0.3) is 0 Å². The van der Waals surface area contributed by atoms with Crippen LogP contribution < -0.4 is 0 Å². The minimum absolute atomic E-state index is 0.163. The summed E-state index contributed by atoms with van der Waals surface area (Å²) < 4.78 is 12.8. The quantitative estimate of drug-likeness (QED) is 0.787. The highest BCUT2D eigenvalue weighted by atomic mass is 19.1. The summed E-state index contributed by atoms with van der Waals surface area (Å²) in [5.74, 6) is -0.494. The second-order valence-corrected chi connectivity index (χ2v) is 5.21. The van der Waals surface area contributed by atoms with E-state index in [0.717, 1.165) is 25.1 Å². The second kappa shape index (κ2) is 7.89. The van der Waals surface area contributed by atoms with E-state index in [9.17, 15) is 9.18 Å². The fraction of sp³-hybridized carbons (Fsp3) is 0.533. The number of carbonyl (C=O) groups is 1. The summed E-state index contributed by atoms with van der Waals surface area (Å²) in [6.45, 7) is 6.48. The van der Waals surface area contributed by atoms with E-state index in [-0.39, 0.29) is 12.2 Å². The van der Waals surface area contributed by atoms with Crippen molar-refractivity contribution in [2.24, 2.45) is 5.92 Å². The number of hydrogen-bond acceptors (Lipinski definition) is 2. The van der Waals surface area contributed by atoms with Gasteiger partial charge in [-0.2, -0.15) is 0 Å². The molecule has 0 radical (unpaired) electrons. The molecule has 0 atom stereocenters. The van der Waals surface area contributed by atoms with Gasteiger partial charge in [-0.05, 0) is 30.0 Å². The monoisotopic (exact) mass is 267 g/mol. The van der Waals surface area contributed by atoms with Gasteiger partial charge < -0.3 is 10.0 Å². The molecule has 0 spiro atoms. The Morgan fingerprint density at radius 3 is 2.42 bits per heavy atom. The summed E-state index contributed by atoms with van der Waals surface area (Å²) in [6, 6.07) is 6.47. The summed E-state index contributed by atoms with van der Waals surface area (Å²) in [5, 5.41) is 8.74. The van der Waals surface area contributed by atoms with Gasteiger partial charge in [-0.25, -0.2) is 4.39 Å². The Morgan fingerprint density at radius 1 is 1.26 bits per heavy atom. The molecule has 4 heteroatoms. The lowest BCUT2D eigenvalue weighted by molar-refractivity contribution is -0.137. The molecule has 0 aliphatic rings. The van der Waals surface area contributed by atoms with Crippen LogP contribution in [0.4, 0.5) is 4.39 Å². The predicted molar refractivity (Wildman–Crippen MR) is 73.6 cm³/mol. The van der Waals surface area contributed by atoms with E-state index in [1.54, 1.807) is 12.1 Å². The third kappa shape index (κ3) is 6.91. The average Bonchev–Trinajstić information content (AvgIpc) is 2.34. The first-order valence-electron chi connectivity index (χ1n) is 6.66. The Labute approximate surface area is 114 Å². The van der Waals surface area contributed by atoms with Gasteiger partial charge in [0.1, 0.15) is 5.82 Å². The van der Waals surface area contributed by atoms with Crippen LogP contribution in [0, 0.1) is 11.7 Å². The van der Waals surface area contributed by atoms with Crippen LogP contribution >= 0.6 is 0 Å². The van der Waals surface area contributed by atoms with Gasteiger partial charge in [0.05, 0.1) is 6.42 Å². The SMILES string of the molecule is CC(C)CN(CCC(=O)O)CCc1ccc(F)cc1. The molecule has 106 valence electrons. The molecule has 1 aromatic rings. The zero-order valence-electron chi connectivity index (χ0n) is 11.6. The van der Waals surface area contributed by atoms with Crippen molar-refractivity contribution in [1.82, 2.24) is 4.90 Å². The van der Waals surface area contributed by atoms with Crippen molar-refractivity contribution in [3.8, 4) is 0 Å². The molecule has 0 fully saturated rings. The van der Waals surface area contributed by atoms with Gasteiger partial charge in [-0.15, -0.1) is 0 Å². The fourth-order valence-corrected chi connectivity index (χ4v) is 2.00. The lowest BCUT2D eigenvalue weighted by Crippen LogP contribution is -2.32. The zero-order chi connectivity index (χ0) is 14.3. The highest BCUT2D eigenvalue weighted by molar-refractivity contribution is 5.66. The summed E-state index contributed by atoms with van der Waals surface area (Å²) >= 11 is 0. The number of halogens is 1. The van der Waals surface area contributed by atoms with Crippen molar-refractivity contribution in [3.63, 3.8) is 0 Å². The average molecular weight is 267 g/mol. The van der Waals surface area contributed by atoms with Crippen LogP contribution in [-0.2, 0) is 11.2 Å². The van der Waals surface area contributed by atoms with Gasteiger partial charge in [0, 0.05) is 19.6 Å². The number of aliphatic carboxylic acids is 1. The lowest BCUT2D eigenvalue weighted by Gasteiger charge is -2.23. The predicted octanol–water partition coefficient (Wildman–Crippen LogP) is 2.80. The molecular weight excluding hydrogens is 245 g/mol. The molecule has 0 saturated heterocycles. The molecule has 0 bridgehead atoms. The third-order valence-electron chi connectivity index (χ3n) is 2.90. The summed E-state index contributed by atoms with van der Waals surface area (Å²) in [7, 11) is 0. The van der Waals surface area contributed by atoms with E-state index in [0.29, 0.717) is 12.5 Å². The molecule has 19 heavy (non-hydrogen) atoms. The minimum Gasteiger partial charge on any atom is -0.481 e. The fourth-order valence-electron chi connectivity index (χ4n) is 2.00. The Kier molecular flexibility index (Phi) is 6.50. The smallest absolute Gasteiger partial charge is 0.304 e. The Balaban J connectivity index is 2.46. The Bertz CT molecular complexity index is 390. The Morgan fingerprint density at radius 2 is 1.89 bits per heavy atom. The van der Waals surface area contributed by atoms with Crippen molar-refractivity contribution in [3.05, 3.63) is 35.6 Å². The van der Waals surface area contributed by atoms with Crippen molar-refractivity contribution >= 4 is 5.97 Å². The first-order chi connectivity index (χ1) is 8.97. The van der Waals surface area contributed by atoms with E-state index in [2.05, 4.69) is 18.7 Å². The van der Waals surface area contributed by atoms with Crippen LogP contribution in [0.25, 0.3) is 0 Å². The molecule has 1 aromatic carbocycles. The van der Waals surface area contributed by atoms with Crippen LogP contribution in [0.3, 0.4) is 0 Å². The van der Waals surface area contributed by atoms with E-state index in [4.69, 9.17) is 5.11 Å². The number of hydrogen-bond donors (Lipinski definition) is 1. The van der Waals surface area contributed by atoms with E-state index in [1.807, 2.05) is 0 Å². The minimum atomic E-state index is -0.768. The molecule has 0 aromatic heterocycles. The summed E-state index contributed by atoms with van der Waals surface area (Å²) in [4.78, 5) is 12.8. The molecule has 1 rings (SSSR count).